The first-order valence-corrected chi connectivity index (χ1v) is 5.87. The smallest absolute Gasteiger partial charge is 0.272 e. The first kappa shape index (κ1) is 13.2. The van der Waals surface area contributed by atoms with Gasteiger partial charge in [0, 0.05) is 17.2 Å². The van der Waals surface area contributed by atoms with Crippen LogP contribution in [-0.4, -0.2) is 15.1 Å². The van der Waals surface area contributed by atoms with Crippen molar-refractivity contribution in [3.8, 4) is 11.5 Å². The van der Waals surface area contributed by atoms with Crippen molar-refractivity contribution in [1.29, 1.82) is 0 Å². The maximum Gasteiger partial charge on any atom is 0.272 e. The standard InChI is InChI=1S/C12H14N4O3/c1-3-9(13)11-14-12(19-15-11)8-4-5-10(16(17)18)7(2)6-8/h4-6,9H,3,13H2,1-2H3. The fourth-order valence-corrected chi connectivity index (χ4v) is 1.68. The molecule has 2 aromatic rings. The average Bonchev–Trinajstić information content (AvgIpc) is 2.86. The predicted molar refractivity (Wildman–Crippen MR) is 68.3 cm³/mol. The van der Waals surface area contributed by atoms with Gasteiger partial charge in [0.05, 0.1) is 11.0 Å². The number of nitro groups is 1. The molecule has 0 aliphatic heterocycles. The third-order valence-electron chi connectivity index (χ3n) is 2.85. The molecule has 0 radical (unpaired) electrons. The second-order valence-electron chi connectivity index (χ2n) is 4.23. The average molecular weight is 262 g/mol. The highest BCUT2D eigenvalue weighted by Gasteiger charge is 2.16. The molecule has 1 atom stereocenters. The van der Waals surface area contributed by atoms with Crippen molar-refractivity contribution in [3.63, 3.8) is 0 Å². The number of nitro benzene ring substituents is 1. The molecule has 7 nitrogen and oxygen atoms in total. The Kier molecular flexibility index (Phi) is 3.57. The molecule has 1 heterocycles. The molecule has 19 heavy (non-hydrogen) atoms. The highest BCUT2D eigenvalue weighted by atomic mass is 16.6. The molecule has 0 aliphatic rings. The third-order valence-corrected chi connectivity index (χ3v) is 2.85. The second-order valence-corrected chi connectivity index (χ2v) is 4.23. The molecule has 2 rings (SSSR count). The Balaban J connectivity index is 2.35. The van der Waals surface area contributed by atoms with Crippen molar-refractivity contribution in [2.75, 3.05) is 0 Å². The predicted octanol–water partition coefficient (Wildman–Crippen LogP) is 2.36. The number of benzene rings is 1. The molecular weight excluding hydrogens is 248 g/mol. The van der Waals surface area contributed by atoms with Crippen LogP contribution in [0.15, 0.2) is 22.7 Å². The molecule has 100 valence electrons. The Morgan fingerprint density at radius 1 is 1.53 bits per heavy atom. The van der Waals surface area contributed by atoms with Crippen molar-refractivity contribution in [2.45, 2.75) is 26.3 Å². The van der Waals surface area contributed by atoms with E-state index < -0.39 is 4.92 Å². The zero-order valence-electron chi connectivity index (χ0n) is 10.7. The summed E-state index contributed by atoms with van der Waals surface area (Å²) in [6.45, 7) is 3.59. The summed E-state index contributed by atoms with van der Waals surface area (Å²) in [5.41, 5.74) is 7.06. The maximum absolute atomic E-state index is 10.7. The Morgan fingerprint density at radius 3 is 2.84 bits per heavy atom. The molecule has 1 aromatic heterocycles. The van der Waals surface area contributed by atoms with E-state index >= 15 is 0 Å². The number of rotatable bonds is 4. The molecule has 7 heteroatoms. The second kappa shape index (κ2) is 5.15. The van der Waals surface area contributed by atoms with Crippen LogP contribution in [0.25, 0.3) is 11.5 Å². The Morgan fingerprint density at radius 2 is 2.26 bits per heavy atom. The van der Waals surface area contributed by atoms with Crippen LogP contribution >= 0.6 is 0 Å². The molecule has 1 aromatic carbocycles. The summed E-state index contributed by atoms with van der Waals surface area (Å²) in [4.78, 5) is 14.5. The van der Waals surface area contributed by atoms with E-state index in [1.807, 2.05) is 6.92 Å². The quantitative estimate of drug-likeness (QED) is 0.669. The van der Waals surface area contributed by atoms with Crippen molar-refractivity contribution in [3.05, 3.63) is 39.7 Å². The number of hydrogen-bond acceptors (Lipinski definition) is 6. The van der Waals surface area contributed by atoms with Crippen molar-refractivity contribution in [2.24, 2.45) is 5.73 Å². The van der Waals surface area contributed by atoms with Gasteiger partial charge in [-0.05, 0) is 25.5 Å². The van der Waals surface area contributed by atoms with E-state index in [2.05, 4.69) is 10.1 Å². The lowest BCUT2D eigenvalue weighted by molar-refractivity contribution is -0.385. The lowest BCUT2D eigenvalue weighted by Crippen LogP contribution is -2.10. The van der Waals surface area contributed by atoms with E-state index in [0.717, 1.165) is 0 Å². The van der Waals surface area contributed by atoms with Gasteiger partial charge in [-0.3, -0.25) is 10.1 Å². The molecule has 0 bridgehead atoms. The van der Waals surface area contributed by atoms with E-state index in [-0.39, 0.29) is 11.7 Å². The topological polar surface area (TPSA) is 108 Å². The normalized spacial score (nSPS) is 12.4. The third kappa shape index (κ3) is 2.60. The Bertz CT molecular complexity index is 609. The largest absolute Gasteiger partial charge is 0.334 e. The summed E-state index contributed by atoms with van der Waals surface area (Å²) >= 11 is 0. The minimum Gasteiger partial charge on any atom is -0.334 e. The fourth-order valence-electron chi connectivity index (χ4n) is 1.68. The summed E-state index contributed by atoms with van der Waals surface area (Å²) in [6, 6.07) is 4.39. The first-order valence-electron chi connectivity index (χ1n) is 5.87. The van der Waals surface area contributed by atoms with Gasteiger partial charge in [0.1, 0.15) is 0 Å². The molecule has 0 aliphatic carbocycles. The number of hydrogen-bond donors (Lipinski definition) is 1. The monoisotopic (exact) mass is 262 g/mol. The van der Waals surface area contributed by atoms with Crippen LogP contribution in [0, 0.1) is 17.0 Å². The fraction of sp³-hybridized carbons (Fsp3) is 0.333. The molecule has 0 spiro atoms. The number of nitrogens with zero attached hydrogens (tertiary/aromatic N) is 3. The van der Waals surface area contributed by atoms with E-state index in [1.54, 1.807) is 19.1 Å². The summed E-state index contributed by atoms with van der Waals surface area (Å²) in [5, 5.41) is 14.5. The number of aryl methyl sites for hydroxylation is 1. The summed E-state index contributed by atoms with van der Waals surface area (Å²) in [6.07, 6.45) is 0.707. The van der Waals surface area contributed by atoms with Gasteiger partial charge in [-0.25, -0.2) is 0 Å². The molecule has 0 fully saturated rings. The zero-order chi connectivity index (χ0) is 14.0. The number of nitrogens with two attached hydrogens (primary N) is 1. The summed E-state index contributed by atoms with van der Waals surface area (Å²) in [5.74, 6) is 0.755. The van der Waals surface area contributed by atoms with Gasteiger partial charge in [-0.1, -0.05) is 12.1 Å². The van der Waals surface area contributed by atoms with Crippen LogP contribution in [0.4, 0.5) is 5.69 Å². The lowest BCUT2D eigenvalue weighted by atomic mass is 10.1. The van der Waals surface area contributed by atoms with Gasteiger partial charge in [0.15, 0.2) is 5.82 Å². The SMILES string of the molecule is CCC(N)c1noc(-c2ccc([N+](=O)[O-])c(C)c2)n1. The van der Waals surface area contributed by atoms with Crippen LogP contribution in [-0.2, 0) is 0 Å². The van der Waals surface area contributed by atoms with Crippen LogP contribution < -0.4 is 5.73 Å². The minimum absolute atomic E-state index is 0.0637. The molecular formula is C12H14N4O3. The zero-order valence-corrected chi connectivity index (χ0v) is 10.7. The van der Waals surface area contributed by atoms with Crippen molar-refractivity contribution >= 4 is 5.69 Å². The van der Waals surface area contributed by atoms with E-state index in [0.29, 0.717) is 29.3 Å². The summed E-state index contributed by atoms with van der Waals surface area (Å²) in [7, 11) is 0. The van der Waals surface area contributed by atoms with Crippen LogP contribution in [0.1, 0.15) is 30.8 Å². The van der Waals surface area contributed by atoms with E-state index in [9.17, 15) is 10.1 Å². The molecule has 0 amide bonds. The molecule has 0 saturated heterocycles. The van der Waals surface area contributed by atoms with E-state index in [4.69, 9.17) is 10.3 Å². The lowest BCUT2D eigenvalue weighted by Gasteiger charge is -2.00. The van der Waals surface area contributed by atoms with Gasteiger partial charge in [0.2, 0.25) is 0 Å². The van der Waals surface area contributed by atoms with Crippen LogP contribution in [0.5, 0.6) is 0 Å². The van der Waals surface area contributed by atoms with E-state index in [1.165, 1.54) is 6.07 Å². The van der Waals surface area contributed by atoms with Crippen LogP contribution in [0.2, 0.25) is 0 Å². The first-order chi connectivity index (χ1) is 9.02. The van der Waals surface area contributed by atoms with Gasteiger partial charge in [-0.15, -0.1) is 0 Å². The molecule has 2 N–H and O–H groups in total. The van der Waals surface area contributed by atoms with Crippen molar-refractivity contribution in [1.82, 2.24) is 10.1 Å². The van der Waals surface area contributed by atoms with Gasteiger partial charge < -0.3 is 10.3 Å². The Labute approximate surface area is 109 Å². The molecule has 0 saturated carbocycles. The maximum atomic E-state index is 10.7. The minimum atomic E-state index is -0.425. The summed E-state index contributed by atoms with van der Waals surface area (Å²) < 4.78 is 5.12. The van der Waals surface area contributed by atoms with Gasteiger partial charge in [-0.2, -0.15) is 4.98 Å². The van der Waals surface area contributed by atoms with Crippen LogP contribution in [0.3, 0.4) is 0 Å². The molecule has 1 unspecified atom stereocenters. The van der Waals surface area contributed by atoms with Gasteiger partial charge in [0.25, 0.3) is 11.6 Å². The van der Waals surface area contributed by atoms with Crippen molar-refractivity contribution < 1.29 is 9.45 Å². The highest BCUT2D eigenvalue weighted by Crippen LogP contribution is 2.25. The Hall–Kier alpha value is -2.28. The van der Waals surface area contributed by atoms with Gasteiger partial charge >= 0.3 is 0 Å². The highest BCUT2D eigenvalue weighted by molar-refractivity contribution is 5.58. The number of aromatic nitrogens is 2.